The van der Waals surface area contributed by atoms with Crippen LogP contribution in [0.2, 0.25) is 0 Å². The molecular formula is C24H26N4O3S. The smallest absolute Gasteiger partial charge is 0.236 e. The Morgan fingerprint density at radius 3 is 2.25 bits per heavy atom. The lowest BCUT2D eigenvalue weighted by Crippen LogP contribution is -2.48. The summed E-state index contributed by atoms with van der Waals surface area (Å²) in [6.45, 7) is 4.53. The van der Waals surface area contributed by atoms with Crippen molar-refractivity contribution in [3.05, 3.63) is 77.7 Å². The summed E-state index contributed by atoms with van der Waals surface area (Å²) in [7, 11) is -3.46. The highest BCUT2D eigenvalue weighted by molar-refractivity contribution is 7.92. The Balaban J connectivity index is 1.36. The lowest BCUT2D eigenvalue weighted by Gasteiger charge is -2.33. The number of anilines is 1. The van der Waals surface area contributed by atoms with E-state index in [1.54, 1.807) is 6.08 Å². The van der Waals surface area contributed by atoms with Gasteiger partial charge in [-0.25, -0.2) is 8.42 Å². The average Bonchev–Trinajstić information content (AvgIpc) is 2.84. The first kappa shape index (κ1) is 22.0. The maximum absolute atomic E-state index is 12.7. The molecule has 0 atom stereocenters. The van der Waals surface area contributed by atoms with Crippen molar-refractivity contribution in [1.82, 2.24) is 14.5 Å². The highest BCUT2D eigenvalue weighted by atomic mass is 32.2. The molecule has 2 heterocycles. The predicted molar refractivity (Wildman–Crippen MR) is 127 cm³/mol. The van der Waals surface area contributed by atoms with Gasteiger partial charge in [-0.1, -0.05) is 30.3 Å². The number of hydrogen-bond donors (Lipinski definition) is 0. The summed E-state index contributed by atoms with van der Waals surface area (Å²) >= 11 is 0. The van der Waals surface area contributed by atoms with Crippen molar-refractivity contribution in [2.75, 3.05) is 37.7 Å². The zero-order valence-corrected chi connectivity index (χ0v) is 18.8. The molecule has 32 heavy (non-hydrogen) atoms. The molecule has 4 rings (SSSR count). The summed E-state index contributed by atoms with van der Waals surface area (Å²) < 4.78 is 32.3. The molecule has 1 fully saturated rings. The van der Waals surface area contributed by atoms with Gasteiger partial charge in [-0.2, -0.15) is 4.31 Å². The van der Waals surface area contributed by atoms with Gasteiger partial charge in [0.1, 0.15) is 5.75 Å². The topological polar surface area (TPSA) is 75.6 Å². The summed E-state index contributed by atoms with van der Waals surface area (Å²) in [5.41, 5.74) is 2.61. The molecule has 8 heteroatoms. The molecule has 0 N–H and O–H groups in total. The molecule has 0 saturated carbocycles. The number of hydrogen-bond acceptors (Lipinski definition) is 6. The Kier molecular flexibility index (Phi) is 6.82. The number of sulfonamides is 1. The van der Waals surface area contributed by atoms with Crippen LogP contribution in [0.25, 0.3) is 17.3 Å². The van der Waals surface area contributed by atoms with Crippen LogP contribution in [0.4, 0.5) is 5.82 Å². The van der Waals surface area contributed by atoms with E-state index in [0.717, 1.165) is 28.4 Å². The van der Waals surface area contributed by atoms with E-state index >= 15 is 0 Å². The maximum Gasteiger partial charge on any atom is 0.236 e. The van der Waals surface area contributed by atoms with Crippen molar-refractivity contribution in [1.29, 1.82) is 0 Å². The van der Waals surface area contributed by atoms with E-state index in [2.05, 4.69) is 15.1 Å². The third-order valence-corrected chi connectivity index (χ3v) is 6.83. The van der Waals surface area contributed by atoms with Gasteiger partial charge in [-0.05, 0) is 55.0 Å². The lowest BCUT2D eigenvalue weighted by atomic mass is 10.1. The van der Waals surface area contributed by atoms with Crippen molar-refractivity contribution in [3.63, 3.8) is 0 Å². The van der Waals surface area contributed by atoms with Crippen molar-refractivity contribution >= 4 is 21.9 Å². The number of ether oxygens (including phenoxy) is 1. The quantitative estimate of drug-likeness (QED) is 0.547. The zero-order chi connectivity index (χ0) is 22.4. The van der Waals surface area contributed by atoms with Crippen LogP contribution >= 0.6 is 0 Å². The summed E-state index contributed by atoms with van der Waals surface area (Å²) in [6, 6.07) is 21.0. The first-order valence-electron chi connectivity index (χ1n) is 10.6. The van der Waals surface area contributed by atoms with E-state index in [-0.39, 0.29) is 0 Å². The minimum Gasteiger partial charge on any atom is -0.494 e. The van der Waals surface area contributed by atoms with Crippen molar-refractivity contribution in [2.24, 2.45) is 0 Å². The molecule has 1 aliphatic rings. The van der Waals surface area contributed by atoms with Crippen molar-refractivity contribution in [2.45, 2.75) is 6.92 Å². The average molecular weight is 451 g/mol. The van der Waals surface area contributed by atoms with Crippen LogP contribution in [0.15, 0.2) is 72.1 Å². The van der Waals surface area contributed by atoms with Gasteiger partial charge in [0.15, 0.2) is 5.82 Å². The third kappa shape index (κ3) is 5.33. The molecule has 0 radical (unpaired) electrons. The Morgan fingerprint density at radius 2 is 1.62 bits per heavy atom. The minimum absolute atomic E-state index is 0.407. The molecule has 0 amide bonds. The fraction of sp³-hybridized carbons (Fsp3) is 0.250. The minimum atomic E-state index is -3.46. The number of rotatable bonds is 7. The van der Waals surface area contributed by atoms with E-state index in [1.165, 1.54) is 9.71 Å². The van der Waals surface area contributed by atoms with Crippen LogP contribution < -0.4 is 9.64 Å². The Labute approximate surface area is 189 Å². The van der Waals surface area contributed by atoms with Crippen LogP contribution in [0, 0.1) is 0 Å². The molecule has 0 bridgehead atoms. The van der Waals surface area contributed by atoms with Gasteiger partial charge in [0.25, 0.3) is 0 Å². The zero-order valence-electron chi connectivity index (χ0n) is 18.0. The van der Waals surface area contributed by atoms with E-state index in [4.69, 9.17) is 4.74 Å². The molecule has 0 aliphatic carbocycles. The molecular weight excluding hydrogens is 424 g/mol. The summed E-state index contributed by atoms with van der Waals surface area (Å²) in [5, 5.41) is 10.00. The Hall–Kier alpha value is -3.23. The number of nitrogens with zero attached hydrogens (tertiary/aromatic N) is 4. The van der Waals surface area contributed by atoms with Crippen LogP contribution in [0.3, 0.4) is 0 Å². The van der Waals surface area contributed by atoms with Gasteiger partial charge in [-0.15, -0.1) is 10.2 Å². The van der Waals surface area contributed by atoms with Gasteiger partial charge in [0, 0.05) is 37.2 Å². The molecule has 0 unspecified atom stereocenters. The normalized spacial score (nSPS) is 15.2. The van der Waals surface area contributed by atoms with Gasteiger partial charge < -0.3 is 9.64 Å². The predicted octanol–water partition coefficient (Wildman–Crippen LogP) is 3.67. The van der Waals surface area contributed by atoms with E-state index < -0.39 is 10.0 Å². The molecule has 1 aromatic heterocycles. The molecule has 1 saturated heterocycles. The van der Waals surface area contributed by atoms with E-state index in [1.807, 2.05) is 73.7 Å². The maximum atomic E-state index is 12.7. The van der Waals surface area contributed by atoms with Gasteiger partial charge >= 0.3 is 0 Å². The van der Waals surface area contributed by atoms with Crippen molar-refractivity contribution in [3.8, 4) is 17.0 Å². The van der Waals surface area contributed by atoms with Crippen LogP contribution in [-0.2, 0) is 10.0 Å². The highest BCUT2D eigenvalue weighted by Crippen LogP contribution is 2.22. The molecule has 7 nitrogen and oxygen atoms in total. The molecule has 166 valence electrons. The van der Waals surface area contributed by atoms with Crippen LogP contribution in [0.5, 0.6) is 5.75 Å². The molecule has 2 aromatic carbocycles. The SMILES string of the molecule is CCOc1ccc(-c2ccc(N3CCN(S(=O)(=O)/C=C\c4ccccc4)CC3)nn2)cc1. The lowest BCUT2D eigenvalue weighted by molar-refractivity contribution is 0.340. The van der Waals surface area contributed by atoms with Crippen molar-refractivity contribution < 1.29 is 13.2 Å². The van der Waals surface area contributed by atoms with E-state index in [0.29, 0.717) is 32.8 Å². The number of aromatic nitrogens is 2. The second kappa shape index (κ2) is 9.93. The summed E-state index contributed by atoms with van der Waals surface area (Å²) in [5.74, 6) is 1.57. The highest BCUT2D eigenvalue weighted by Gasteiger charge is 2.25. The van der Waals surface area contributed by atoms with Gasteiger partial charge in [-0.3, -0.25) is 0 Å². The Bertz CT molecular complexity index is 1140. The van der Waals surface area contributed by atoms with Gasteiger partial charge in [0.2, 0.25) is 10.0 Å². The molecule has 0 spiro atoms. The first-order chi connectivity index (χ1) is 15.5. The molecule has 3 aromatic rings. The van der Waals surface area contributed by atoms with E-state index in [9.17, 15) is 8.42 Å². The summed E-state index contributed by atoms with van der Waals surface area (Å²) in [6.07, 6.45) is 1.63. The standard InChI is InChI=1S/C24H26N4O3S/c1-2-31-22-10-8-21(9-11-22)23-12-13-24(26-25-23)27-15-17-28(18-16-27)32(29,30)19-14-20-6-4-3-5-7-20/h3-14,19H,2,15-18H2,1H3/b19-14-. The van der Waals surface area contributed by atoms with Gasteiger partial charge in [0.05, 0.1) is 12.3 Å². The second-order valence-electron chi connectivity index (χ2n) is 7.38. The summed E-state index contributed by atoms with van der Waals surface area (Å²) in [4.78, 5) is 2.06. The first-order valence-corrected chi connectivity index (χ1v) is 12.1. The number of benzene rings is 2. The van der Waals surface area contributed by atoms with Crippen LogP contribution in [0.1, 0.15) is 12.5 Å². The molecule has 1 aliphatic heterocycles. The second-order valence-corrected chi connectivity index (χ2v) is 9.20. The fourth-order valence-corrected chi connectivity index (χ4v) is 4.70. The fourth-order valence-electron chi connectivity index (χ4n) is 3.52. The largest absolute Gasteiger partial charge is 0.494 e. The third-order valence-electron chi connectivity index (χ3n) is 5.27. The number of piperazine rings is 1. The van der Waals surface area contributed by atoms with Crippen LogP contribution in [-0.4, -0.2) is 55.7 Å². The Morgan fingerprint density at radius 1 is 0.906 bits per heavy atom. The monoisotopic (exact) mass is 450 g/mol.